The Balaban J connectivity index is 2.04. The quantitative estimate of drug-likeness (QED) is 0.784. The molecule has 17 heavy (non-hydrogen) atoms. The Morgan fingerprint density at radius 3 is 2.82 bits per heavy atom. The van der Waals surface area contributed by atoms with Gasteiger partial charge in [-0.05, 0) is 17.5 Å². The van der Waals surface area contributed by atoms with E-state index in [1.807, 2.05) is 6.07 Å². The smallest absolute Gasteiger partial charge is 0.262 e. The first-order valence-electron chi connectivity index (χ1n) is 5.79. The molecule has 1 amide bonds. The van der Waals surface area contributed by atoms with Crippen molar-refractivity contribution in [3.8, 4) is 0 Å². The number of likely N-dealkylation sites (N-methyl/N-ethyl adjacent to an activating group) is 1. The number of nitrogens with zero attached hydrogens (tertiary/aromatic N) is 2. The summed E-state index contributed by atoms with van der Waals surface area (Å²) in [6.07, 6.45) is 0.987. The Morgan fingerprint density at radius 2 is 2.12 bits per heavy atom. The molecule has 1 heterocycles. The first kappa shape index (κ1) is 12.1. The number of carbonyl (C=O) groups is 1. The fourth-order valence-electron chi connectivity index (χ4n) is 2.11. The molecule has 0 bridgehead atoms. The maximum Gasteiger partial charge on any atom is 0.262 e. The molecule has 0 atom stereocenters. The van der Waals surface area contributed by atoms with Crippen LogP contribution in [-0.4, -0.2) is 43.2 Å². The van der Waals surface area contributed by atoms with Crippen LogP contribution in [0.2, 0.25) is 0 Å². The summed E-state index contributed by atoms with van der Waals surface area (Å²) >= 11 is 0. The van der Waals surface area contributed by atoms with Crippen LogP contribution in [0, 0.1) is 0 Å². The maximum atomic E-state index is 11.7. The summed E-state index contributed by atoms with van der Waals surface area (Å²) < 4.78 is 4.87. The number of hydrazine groups is 1. The minimum absolute atomic E-state index is 0.00752. The molecule has 0 N–H and O–H groups in total. The third-order valence-electron chi connectivity index (χ3n) is 3.16. The van der Waals surface area contributed by atoms with Crippen LogP contribution in [-0.2, 0) is 22.5 Å². The highest BCUT2D eigenvalue weighted by atomic mass is 16.5. The SMILES string of the molecule is COCC(=O)N(C)N1CCc2ccccc2C1. The van der Waals surface area contributed by atoms with E-state index in [0.717, 1.165) is 19.5 Å². The Hall–Kier alpha value is -1.39. The van der Waals surface area contributed by atoms with Gasteiger partial charge < -0.3 is 4.74 Å². The van der Waals surface area contributed by atoms with Crippen LogP contribution in [0.3, 0.4) is 0 Å². The van der Waals surface area contributed by atoms with Crippen LogP contribution >= 0.6 is 0 Å². The van der Waals surface area contributed by atoms with Gasteiger partial charge in [0.15, 0.2) is 0 Å². The summed E-state index contributed by atoms with van der Waals surface area (Å²) in [6.45, 7) is 1.81. The summed E-state index contributed by atoms with van der Waals surface area (Å²) in [5.41, 5.74) is 2.69. The van der Waals surface area contributed by atoms with Gasteiger partial charge in [-0.25, -0.2) is 5.01 Å². The van der Waals surface area contributed by atoms with Gasteiger partial charge in [0.1, 0.15) is 6.61 Å². The first-order chi connectivity index (χ1) is 8.22. The molecule has 0 aromatic heterocycles. The van der Waals surface area contributed by atoms with E-state index in [9.17, 15) is 4.79 Å². The lowest BCUT2D eigenvalue weighted by molar-refractivity contribution is -0.151. The molecule has 0 saturated carbocycles. The van der Waals surface area contributed by atoms with Gasteiger partial charge in [-0.1, -0.05) is 24.3 Å². The molecule has 2 rings (SSSR count). The normalized spacial score (nSPS) is 15.4. The molecule has 0 unspecified atom stereocenters. The summed E-state index contributed by atoms with van der Waals surface area (Å²) in [5.74, 6) is -0.00752. The Kier molecular flexibility index (Phi) is 3.76. The number of hydrogen-bond acceptors (Lipinski definition) is 3. The van der Waals surface area contributed by atoms with Crippen LogP contribution in [0.4, 0.5) is 0 Å². The molecule has 1 aromatic carbocycles. The van der Waals surface area contributed by atoms with Crippen molar-refractivity contribution in [1.82, 2.24) is 10.0 Å². The standard InChI is InChI=1S/C13H18N2O2/c1-14(13(16)10-17-2)15-8-7-11-5-3-4-6-12(11)9-15/h3-6H,7-10H2,1-2H3. The first-order valence-corrected chi connectivity index (χ1v) is 5.79. The Labute approximate surface area is 102 Å². The van der Waals surface area contributed by atoms with E-state index in [1.165, 1.54) is 18.2 Å². The van der Waals surface area contributed by atoms with Gasteiger partial charge in [0.2, 0.25) is 0 Å². The molecule has 1 aliphatic heterocycles. The lowest BCUT2D eigenvalue weighted by Crippen LogP contribution is -2.47. The largest absolute Gasteiger partial charge is 0.375 e. The second kappa shape index (κ2) is 5.29. The Morgan fingerprint density at radius 1 is 1.41 bits per heavy atom. The molecule has 1 aromatic rings. The van der Waals surface area contributed by atoms with Crippen LogP contribution < -0.4 is 0 Å². The van der Waals surface area contributed by atoms with E-state index in [-0.39, 0.29) is 12.5 Å². The zero-order valence-electron chi connectivity index (χ0n) is 10.3. The van der Waals surface area contributed by atoms with Crippen molar-refractivity contribution in [2.75, 3.05) is 27.3 Å². The lowest BCUT2D eigenvalue weighted by Gasteiger charge is -2.35. The minimum atomic E-state index is -0.00752. The molecule has 4 nitrogen and oxygen atoms in total. The van der Waals surface area contributed by atoms with Crippen molar-refractivity contribution in [2.45, 2.75) is 13.0 Å². The molecule has 0 radical (unpaired) electrons. The number of amides is 1. The highest BCUT2D eigenvalue weighted by Crippen LogP contribution is 2.19. The number of ether oxygens (including phenoxy) is 1. The average molecular weight is 234 g/mol. The minimum Gasteiger partial charge on any atom is -0.375 e. The van der Waals surface area contributed by atoms with Crippen molar-refractivity contribution in [3.05, 3.63) is 35.4 Å². The number of rotatable bonds is 3. The molecule has 0 aliphatic carbocycles. The van der Waals surface area contributed by atoms with E-state index in [1.54, 1.807) is 12.1 Å². The second-order valence-electron chi connectivity index (χ2n) is 4.26. The topological polar surface area (TPSA) is 32.8 Å². The van der Waals surface area contributed by atoms with E-state index >= 15 is 0 Å². The van der Waals surface area contributed by atoms with Crippen LogP contribution in [0.15, 0.2) is 24.3 Å². The molecular formula is C13H18N2O2. The summed E-state index contributed by atoms with van der Waals surface area (Å²) in [4.78, 5) is 11.7. The molecular weight excluding hydrogens is 216 g/mol. The van der Waals surface area contributed by atoms with Gasteiger partial charge in [-0.15, -0.1) is 0 Å². The predicted octanol–water partition coefficient (Wildman–Crippen LogP) is 1.06. The van der Waals surface area contributed by atoms with Gasteiger partial charge in [0.05, 0.1) is 0 Å². The molecule has 0 spiro atoms. The molecule has 4 heteroatoms. The van der Waals surface area contributed by atoms with Crippen LogP contribution in [0.5, 0.6) is 0 Å². The monoisotopic (exact) mass is 234 g/mol. The van der Waals surface area contributed by atoms with Gasteiger partial charge >= 0.3 is 0 Å². The third kappa shape index (κ3) is 2.65. The van der Waals surface area contributed by atoms with Crippen molar-refractivity contribution in [3.63, 3.8) is 0 Å². The average Bonchev–Trinajstić information content (AvgIpc) is 2.37. The zero-order valence-corrected chi connectivity index (χ0v) is 10.3. The number of carbonyl (C=O) groups excluding carboxylic acids is 1. The van der Waals surface area contributed by atoms with Crippen molar-refractivity contribution in [2.24, 2.45) is 0 Å². The van der Waals surface area contributed by atoms with E-state index in [4.69, 9.17) is 4.74 Å². The summed E-state index contributed by atoms with van der Waals surface area (Å²) in [6, 6.07) is 8.38. The number of methoxy groups -OCH3 is 1. The number of fused-ring (bicyclic) bond motifs is 1. The highest BCUT2D eigenvalue weighted by molar-refractivity contribution is 5.76. The van der Waals surface area contributed by atoms with Crippen molar-refractivity contribution in [1.29, 1.82) is 0 Å². The molecule has 1 aliphatic rings. The zero-order chi connectivity index (χ0) is 12.3. The fraction of sp³-hybridized carbons (Fsp3) is 0.462. The number of hydrogen-bond donors (Lipinski definition) is 0. The maximum absolute atomic E-state index is 11.7. The van der Waals surface area contributed by atoms with Gasteiger partial charge in [-0.3, -0.25) is 9.80 Å². The summed E-state index contributed by atoms with van der Waals surface area (Å²) in [5, 5.41) is 3.73. The van der Waals surface area contributed by atoms with Crippen LogP contribution in [0.25, 0.3) is 0 Å². The third-order valence-corrected chi connectivity index (χ3v) is 3.16. The lowest BCUT2D eigenvalue weighted by atomic mass is 10.0. The van der Waals surface area contributed by atoms with Gasteiger partial charge in [0.25, 0.3) is 5.91 Å². The predicted molar refractivity (Wildman–Crippen MR) is 65.2 cm³/mol. The van der Waals surface area contributed by atoms with E-state index in [0.29, 0.717) is 0 Å². The summed E-state index contributed by atoms with van der Waals surface area (Å²) in [7, 11) is 3.34. The number of benzene rings is 1. The van der Waals surface area contributed by atoms with Gasteiger partial charge in [-0.2, -0.15) is 0 Å². The Bertz CT molecular complexity index is 406. The second-order valence-corrected chi connectivity index (χ2v) is 4.26. The highest BCUT2D eigenvalue weighted by Gasteiger charge is 2.21. The van der Waals surface area contributed by atoms with Gasteiger partial charge in [0, 0.05) is 27.2 Å². The van der Waals surface area contributed by atoms with Crippen molar-refractivity contribution < 1.29 is 9.53 Å². The van der Waals surface area contributed by atoms with Crippen LogP contribution in [0.1, 0.15) is 11.1 Å². The molecule has 0 saturated heterocycles. The molecule has 92 valence electrons. The fourth-order valence-corrected chi connectivity index (χ4v) is 2.11. The van der Waals surface area contributed by atoms with E-state index < -0.39 is 0 Å². The van der Waals surface area contributed by atoms with Crippen molar-refractivity contribution >= 4 is 5.91 Å². The molecule has 0 fully saturated rings. The van der Waals surface area contributed by atoms with E-state index in [2.05, 4.69) is 23.2 Å².